The number of rotatable bonds is 6. The molecule has 3 rings (SSSR count). The molecular formula is C19H22N6O3. The van der Waals surface area contributed by atoms with Crippen LogP contribution in [0.5, 0.6) is 0 Å². The quantitative estimate of drug-likeness (QED) is 0.520. The minimum atomic E-state index is -0.446. The molecule has 0 unspecified atom stereocenters. The highest BCUT2D eigenvalue weighted by Crippen LogP contribution is 2.24. The maximum atomic E-state index is 12.4. The highest BCUT2D eigenvalue weighted by atomic mass is 16.6. The summed E-state index contributed by atoms with van der Waals surface area (Å²) in [6.07, 6.45) is 0.147. The van der Waals surface area contributed by atoms with Gasteiger partial charge in [0.05, 0.1) is 34.2 Å². The normalized spacial score (nSPS) is 10.9. The van der Waals surface area contributed by atoms with Crippen LogP contribution >= 0.6 is 0 Å². The minimum Gasteiger partial charge on any atom is -0.323 e. The maximum Gasteiger partial charge on any atom is 0.312 e. The standard InChI is InChI=1S/C19H22N6O3/c1-12-18(14(3)24(22-12)16-8-6-5-7-9-16)20-17(26)10-11-23-15(4)19(25(27)28)13(2)21-23/h5-9H,10-11H2,1-4H3,(H,20,26). The molecule has 1 amide bonds. The van der Waals surface area contributed by atoms with Crippen molar-refractivity contribution in [1.82, 2.24) is 19.6 Å². The van der Waals surface area contributed by atoms with Crippen LogP contribution in [-0.4, -0.2) is 30.4 Å². The van der Waals surface area contributed by atoms with Gasteiger partial charge < -0.3 is 5.32 Å². The Labute approximate surface area is 162 Å². The molecule has 2 heterocycles. The van der Waals surface area contributed by atoms with Gasteiger partial charge in [-0.2, -0.15) is 10.2 Å². The summed E-state index contributed by atoms with van der Waals surface area (Å²) in [6.45, 7) is 7.22. The van der Waals surface area contributed by atoms with Crippen molar-refractivity contribution in [3.05, 3.63) is 63.2 Å². The number of aryl methyl sites for hydroxylation is 3. The van der Waals surface area contributed by atoms with E-state index in [0.29, 0.717) is 17.1 Å². The Kier molecular flexibility index (Phi) is 5.25. The lowest BCUT2D eigenvalue weighted by Crippen LogP contribution is -2.16. The van der Waals surface area contributed by atoms with Crippen LogP contribution in [0.1, 0.15) is 29.2 Å². The summed E-state index contributed by atoms with van der Waals surface area (Å²) in [5, 5.41) is 22.7. The van der Waals surface area contributed by atoms with E-state index in [1.807, 2.05) is 44.2 Å². The van der Waals surface area contributed by atoms with Crippen LogP contribution < -0.4 is 5.32 Å². The number of aromatic nitrogens is 4. The lowest BCUT2D eigenvalue weighted by molar-refractivity contribution is -0.386. The summed E-state index contributed by atoms with van der Waals surface area (Å²) < 4.78 is 3.29. The topological polar surface area (TPSA) is 108 Å². The maximum absolute atomic E-state index is 12.4. The van der Waals surface area contributed by atoms with Crippen molar-refractivity contribution >= 4 is 17.3 Å². The second-order valence-electron chi connectivity index (χ2n) is 6.59. The predicted octanol–water partition coefficient (Wildman–Crippen LogP) is 3.24. The molecule has 9 heteroatoms. The van der Waals surface area contributed by atoms with E-state index in [0.717, 1.165) is 17.1 Å². The van der Waals surface area contributed by atoms with Gasteiger partial charge in [0, 0.05) is 6.42 Å². The first-order valence-corrected chi connectivity index (χ1v) is 8.89. The van der Waals surface area contributed by atoms with Crippen molar-refractivity contribution in [1.29, 1.82) is 0 Å². The lowest BCUT2D eigenvalue weighted by Gasteiger charge is -2.08. The number of para-hydroxylation sites is 1. The van der Waals surface area contributed by atoms with Crippen LogP contribution in [-0.2, 0) is 11.3 Å². The van der Waals surface area contributed by atoms with Crippen LogP contribution in [0.4, 0.5) is 11.4 Å². The van der Waals surface area contributed by atoms with E-state index in [9.17, 15) is 14.9 Å². The predicted molar refractivity (Wildman–Crippen MR) is 105 cm³/mol. The average Bonchev–Trinajstić information content (AvgIpc) is 3.10. The Bertz CT molecular complexity index is 1040. The summed E-state index contributed by atoms with van der Waals surface area (Å²) in [6, 6.07) is 9.68. The number of carbonyl (C=O) groups excluding carboxylic acids is 1. The molecule has 3 aromatic rings. The Morgan fingerprint density at radius 2 is 1.75 bits per heavy atom. The fraction of sp³-hybridized carbons (Fsp3) is 0.316. The first kappa shape index (κ1) is 19.3. The molecule has 0 bridgehead atoms. The molecule has 0 spiro atoms. The zero-order valence-corrected chi connectivity index (χ0v) is 16.3. The Balaban J connectivity index is 1.72. The van der Waals surface area contributed by atoms with E-state index in [-0.39, 0.29) is 24.6 Å². The summed E-state index contributed by atoms with van der Waals surface area (Å²) in [7, 11) is 0. The SMILES string of the molecule is Cc1nn(-c2ccccc2)c(C)c1NC(=O)CCn1nc(C)c([N+](=O)[O-])c1C. The van der Waals surface area contributed by atoms with Crippen LogP contribution in [0.25, 0.3) is 5.69 Å². The summed E-state index contributed by atoms with van der Waals surface area (Å²) in [5.74, 6) is -0.200. The molecular weight excluding hydrogens is 360 g/mol. The summed E-state index contributed by atoms with van der Waals surface area (Å²) in [5.41, 5.74) is 3.93. The zero-order chi connectivity index (χ0) is 20.4. The van der Waals surface area contributed by atoms with Crippen LogP contribution in [0.3, 0.4) is 0 Å². The molecule has 146 valence electrons. The number of hydrogen-bond donors (Lipinski definition) is 1. The van der Waals surface area contributed by atoms with Gasteiger partial charge in [-0.3, -0.25) is 19.6 Å². The molecule has 2 aromatic heterocycles. The lowest BCUT2D eigenvalue weighted by atomic mass is 10.2. The first-order valence-electron chi connectivity index (χ1n) is 8.89. The fourth-order valence-corrected chi connectivity index (χ4v) is 3.22. The molecule has 0 aliphatic carbocycles. The van der Waals surface area contributed by atoms with Gasteiger partial charge in [-0.25, -0.2) is 4.68 Å². The third-order valence-corrected chi connectivity index (χ3v) is 4.63. The molecule has 1 aromatic carbocycles. The minimum absolute atomic E-state index is 0.00349. The smallest absolute Gasteiger partial charge is 0.312 e. The van der Waals surface area contributed by atoms with Crippen molar-refractivity contribution in [2.24, 2.45) is 0 Å². The number of amides is 1. The molecule has 28 heavy (non-hydrogen) atoms. The highest BCUT2D eigenvalue weighted by Gasteiger charge is 2.22. The van der Waals surface area contributed by atoms with Gasteiger partial charge in [0.2, 0.25) is 5.91 Å². The van der Waals surface area contributed by atoms with Crippen LogP contribution in [0.15, 0.2) is 30.3 Å². The van der Waals surface area contributed by atoms with Gasteiger partial charge >= 0.3 is 5.69 Å². The first-order chi connectivity index (χ1) is 13.3. The van der Waals surface area contributed by atoms with Gasteiger partial charge in [-0.05, 0) is 39.8 Å². The monoisotopic (exact) mass is 382 g/mol. The van der Waals surface area contributed by atoms with Gasteiger partial charge in [0.1, 0.15) is 11.4 Å². The average molecular weight is 382 g/mol. The summed E-state index contributed by atoms with van der Waals surface area (Å²) >= 11 is 0. The van der Waals surface area contributed by atoms with E-state index >= 15 is 0 Å². The third kappa shape index (κ3) is 3.64. The zero-order valence-electron chi connectivity index (χ0n) is 16.3. The third-order valence-electron chi connectivity index (χ3n) is 4.63. The molecule has 0 aliphatic rings. The van der Waals surface area contributed by atoms with Gasteiger partial charge in [0.25, 0.3) is 0 Å². The van der Waals surface area contributed by atoms with E-state index in [2.05, 4.69) is 15.5 Å². The largest absolute Gasteiger partial charge is 0.323 e. The number of hydrogen-bond acceptors (Lipinski definition) is 5. The number of nitrogens with zero attached hydrogens (tertiary/aromatic N) is 5. The van der Waals surface area contributed by atoms with Gasteiger partial charge in [-0.15, -0.1) is 0 Å². The van der Waals surface area contributed by atoms with Crippen molar-refractivity contribution in [2.75, 3.05) is 5.32 Å². The highest BCUT2D eigenvalue weighted by molar-refractivity contribution is 5.92. The number of anilines is 1. The van der Waals surface area contributed by atoms with Crippen molar-refractivity contribution < 1.29 is 9.72 Å². The Hall–Kier alpha value is -3.49. The van der Waals surface area contributed by atoms with Crippen molar-refractivity contribution in [3.8, 4) is 5.69 Å². The second-order valence-corrected chi connectivity index (χ2v) is 6.59. The molecule has 0 saturated carbocycles. The van der Waals surface area contributed by atoms with E-state index in [4.69, 9.17) is 0 Å². The van der Waals surface area contributed by atoms with E-state index in [1.165, 1.54) is 4.68 Å². The Morgan fingerprint density at radius 3 is 2.36 bits per heavy atom. The van der Waals surface area contributed by atoms with Crippen molar-refractivity contribution in [3.63, 3.8) is 0 Å². The van der Waals surface area contributed by atoms with Crippen molar-refractivity contribution in [2.45, 2.75) is 40.7 Å². The summed E-state index contributed by atoms with van der Waals surface area (Å²) in [4.78, 5) is 23.1. The second kappa shape index (κ2) is 7.63. The van der Waals surface area contributed by atoms with Gasteiger partial charge in [0.15, 0.2) is 0 Å². The van der Waals surface area contributed by atoms with Crippen LogP contribution in [0, 0.1) is 37.8 Å². The molecule has 0 saturated heterocycles. The molecule has 0 fully saturated rings. The molecule has 0 radical (unpaired) electrons. The van der Waals surface area contributed by atoms with E-state index in [1.54, 1.807) is 18.5 Å². The van der Waals surface area contributed by atoms with Crippen LogP contribution in [0.2, 0.25) is 0 Å². The number of nitrogens with one attached hydrogen (secondary N) is 1. The number of carbonyl (C=O) groups is 1. The number of nitro groups is 1. The fourth-order valence-electron chi connectivity index (χ4n) is 3.22. The molecule has 0 aliphatic heterocycles. The molecule has 9 nitrogen and oxygen atoms in total. The molecule has 1 N–H and O–H groups in total. The molecule has 0 atom stereocenters. The van der Waals surface area contributed by atoms with E-state index < -0.39 is 4.92 Å². The number of benzene rings is 1. The Morgan fingerprint density at radius 1 is 1.07 bits per heavy atom. The van der Waals surface area contributed by atoms with Gasteiger partial charge in [-0.1, -0.05) is 18.2 Å².